The highest BCUT2D eigenvalue weighted by atomic mass is 16.3. The normalized spacial score (nSPS) is 13.1. The van der Waals surface area contributed by atoms with Gasteiger partial charge < -0.3 is 15.7 Å². The summed E-state index contributed by atoms with van der Waals surface area (Å²) < 4.78 is 0. The van der Waals surface area contributed by atoms with Crippen LogP contribution >= 0.6 is 0 Å². The highest BCUT2D eigenvalue weighted by Crippen LogP contribution is 2.21. The van der Waals surface area contributed by atoms with E-state index in [-0.39, 0.29) is 18.2 Å². The van der Waals surface area contributed by atoms with Gasteiger partial charge in [-0.05, 0) is 42.5 Å². The van der Waals surface area contributed by atoms with Crippen LogP contribution < -0.4 is 10.6 Å². The number of amides is 2. The molecule has 0 radical (unpaired) electrons. The molecule has 1 aromatic carbocycles. The van der Waals surface area contributed by atoms with Crippen LogP contribution in [0.4, 0.5) is 4.79 Å². The van der Waals surface area contributed by atoms with Crippen LogP contribution in [0.3, 0.4) is 0 Å². The van der Waals surface area contributed by atoms with Crippen molar-refractivity contribution in [3.8, 4) is 11.1 Å². The van der Waals surface area contributed by atoms with Gasteiger partial charge in [-0.2, -0.15) is 0 Å². The summed E-state index contributed by atoms with van der Waals surface area (Å²) in [5.74, 6) is 0. The number of aliphatic hydroxyl groups excluding tert-OH is 1. The van der Waals surface area contributed by atoms with Gasteiger partial charge in [0.25, 0.3) is 0 Å². The fourth-order valence-electron chi connectivity index (χ4n) is 2.39. The third-order valence-electron chi connectivity index (χ3n) is 3.99. The summed E-state index contributed by atoms with van der Waals surface area (Å²) in [7, 11) is 0. The number of carbonyl (C=O) groups excluding carboxylic acids is 1. The second-order valence-corrected chi connectivity index (χ2v) is 5.84. The van der Waals surface area contributed by atoms with Gasteiger partial charge in [0.05, 0.1) is 12.1 Å². The Labute approximate surface area is 143 Å². The van der Waals surface area contributed by atoms with Crippen molar-refractivity contribution >= 4 is 6.03 Å². The molecule has 2 rings (SSSR count). The van der Waals surface area contributed by atoms with E-state index in [1.54, 1.807) is 6.20 Å². The monoisotopic (exact) mass is 327 g/mol. The summed E-state index contributed by atoms with van der Waals surface area (Å²) in [5.41, 5.74) is 3.19. The molecule has 128 valence electrons. The van der Waals surface area contributed by atoms with Gasteiger partial charge in [-0.1, -0.05) is 37.3 Å². The summed E-state index contributed by atoms with van der Waals surface area (Å²) in [5, 5.41) is 15.1. The lowest BCUT2D eigenvalue weighted by Crippen LogP contribution is -2.38. The molecule has 0 aliphatic rings. The minimum absolute atomic E-state index is 0.0935. The first-order chi connectivity index (χ1) is 11.6. The topological polar surface area (TPSA) is 74.2 Å². The molecule has 0 saturated carbocycles. The molecule has 0 fully saturated rings. The van der Waals surface area contributed by atoms with Crippen LogP contribution in [0.2, 0.25) is 0 Å². The van der Waals surface area contributed by atoms with Crippen molar-refractivity contribution in [2.45, 2.75) is 38.8 Å². The van der Waals surface area contributed by atoms with Gasteiger partial charge in [0.15, 0.2) is 0 Å². The Hall–Kier alpha value is -2.40. The minimum Gasteiger partial charge on any atom is -0.393 e. The molecule has 0 saturated heterocycles. The van der Waals surface area contributed by atoms with Crippen LogP contribution in [0.1, 0.15) is 38.3 Å². The van der Waals surface area contributed by atoms with Gasteiger partial charge in [0.2, 0.25) is 0 Å². The van der Waals surface area contributed by atoms with E-state index in [0.717, 1.165) is 16.7 Å². The molecule has 5 heteroatoms. The highest BCUT2D eigenvalue weighted by Gasteiger charge is 2.10. The average molecular weight is 327 g/mol. The number of hydrogen-bond acceptors (Lipinski definition) is 3. The standard InChI is InChI=1S/C19H25N3O2/c1-3-18(23)10-12-21-19(24)22-14(2)15-6-8-16(9-7-15)17-5-4-11-20-13-17/h4-9,11,13-14,18,23H,3,10,12H2,1-2H3,(H2,21,22,24). The number of carbonyl (C=O) groups is 1. The second kappa shape index (κ2) is 9.03. The van der Waals surface area contributed by atoms with Gasteiger partial charge in [0.1, 0.15) is 0 Å². The summed E-state index contributed by atoms with van der Waals surface area (Å²) >= 11 is 0. The number of aliphatic hydroxyl groups is 1. The third kappa shape index (κ3) is 5.35. The van der Waals surface area contributed by atoms with E-state index in [4.69, 9.17) is 0 Å². The SMILES string of the molecule is CCC(O)CCNC(=O)NC(C)c1ccc(-c2cccnc2)cc1. The molecule has 5 nitrogen and oxygen atoms in total. The smallest absolute Gasteiger partial charge is 0.315 e. The number of benzene rings is 1. The Balaban J connectivity index is 1.86. The van der Waals surface area contributed by atoms with E-state index in [2.05, 4.69) is 15.6 Å². The number of urea groups is 1. The quantitative estimate of drug-likeness (QED) is 0.730. The van der Waals surface area contributed by atoms with Crippen LogP contribution in [0.5, 0.6) is 0 Å². The minimum atomic E-state index is -0.359. The fourth-order valence-corrected chi connectivity index (χ4v) is 2.39. The van der Waals surface area contributed by atoms with Crippen LogP contribution in [0.15, 0.2) is 48.8 Å². The number of nitrogens with zero attached hydrogens (tertiary/aromatic N) is 1. The molecule has 24 heavy (non-hydrogen) atoms. The molecule has 1 aromatic heterocycles. The van der Waals surface area contributed by atoms with Gasteiger partial charge in [-0.3, -0.25) is 4.98 Å². The number of rotatable bonds is 7. The maximum atomic E-state index is 11.9. The molecule has 3 N–H and O–H groups in total. The molecular weight excluding hydrogens is 302 g/mol. The van der Waals surface area contributed by atoms with Gasteiger partial charge in [0, 0.05) is 18.9 Å². The summed E-state index contributed by atoms with van der Waals surface area (Å²) in [6.07, 6.45) is 4.49. The molecule has 2 unspecified atom stereocenters. The summed E-state index contributed by atoms with van der Waals surface area (Å²) in [6, 6.07) is 11.7. The fraction of sp³-hybridized carbons (Fsp3) is 0.368. The zero-order chi connectivity index (χ0) is 17.4. The van der Waals surface area contributed by atoms with Gasteiger partial charge >= 0.3 is 6.03 Å². The Kier molecular flexibility index (Phi) is 6.75. The number of nitrogens with one attached hydrogen (secondary N) is 2. The molecule has 0 aliphatic carbocycles. The van der Waals surface area contributed by atoms with Crippen molar-refractivity contribution in [1.29, 1.82) is 0 Å². The lowest BCUT2D eigenvalue weighted by Gasteiger charge is -2.16. The molecular formula is C19H25N3O2. The average Bonchev–Trinajstić information content (AvgIpc) is 2.62. The molecule has 0 bridgehead atoms. The van der Waals surface area contributed by atoms with E-state index in [1.807, 2.05) is 56.4 Å². The molecule has 0 aliphatic heterocycles. The molecule has 1 heterocycles. The predicted octanol–water partition coefficient (Wildman–Crippen LogP) is 3.27. The van der Waals surface area contributed by atoms with E-state index in [1.165, 1.54) is 0 Å². The largest absolute Gasteiger partial charge is 0.393 e. The summed E-state index contributed by atoms with van der Waals surface area (Å²) in [4.78, 5) is 16.0. The molecule has 0 spiro atoms. The van der Waals surface area contributed by atoms with Crippen molar-refractivity contribution in [1.82, 2.24) is 15.6 Å². The van der Waals surface area contributed by atoms with Crippen molar-refractivity contribution in [2.24, 2.45) is 0 Å². The maximum absolute atomic E-state index is 11.9. The van der Waals surface area contributed by atoms with Crippen molar-refractivity contribution in [2.75, 3.05) is 6.54 Å². The second-order valence-electron chi connectivity index (χ2n) is 5.84. The van der Waals surface area contributed by atoms with Gasteiger partial charge in [-0.25, -0.2) is 4.79 Å². The van der Waals surface area contributed by atoms with Crippen molar-refractivity contribution in [3.63, 3.8) is 0 Å². The zero-order valence-electron chi connectivity index (χ0n) is 14.2. The predicted molar refractivity (Wildman–Crippen MR) is 95.5 cm³/mol. The van der Waals surface area contributed by atoms with E-state index in [0.29, 0.717) is 19.4 Å². The highest BCUT2D eigenvalue weighted by molar-refractivity contribution is 5.74. The van der Waals surface area contributed by atoms with Crippen LogP contribution in [-0.4, -0.2) is 28.8 Å². The van der Waals surface area contributed by atoms with Crippen LogP contribution in [0.25, 0.3) is 11.1 Å². The Bertz CT molecular complexity index is 629. The Morgan fingerprint density at radius 3 is 2.58 bits per heavy atom. The first-order valence-corrected chi connectivity index (χ1v) is 8.33. The summed E-state index contributed by atoms with van der Waals surface area (Å²) in [6.45, 7) is 4.33. The van der Waals surface area contributed by atoms with Crippen LogP contribution in [-0.2, 0) is 0 Å². The number of aromatic nitrogens is 1. The Morgan fingerprint density at radius 1 is 1.21 bits per heavy atom. The molecule has 2 aromatic rings. The van der Waals surface area contributed by atoms with E-state index in [9.17, 15) is 9.90 Å². The molecule has 2 atom stereocenters. The zero-order valence-corrected chi connectivity index (χ0v) is 14.2. The van der Waals surface area contributed by atoms with Crippen molar-refractivity contribution in [3.05, 3.63) is 54.4 Å². The first kappa shape index (κ1) is 17.9. The van der Waals surface area contributed by atoms with Crippen molar-refractivity contribution < 1.29 is 9.90 Å². The van der Waals surface area contributed by atoms with E-state index >= 15 is 0 Å². The van der Waals surface area contributed by atoms with Gasteiger partial charge in [-0.15, -0.1) is 0 Å². The Morgan fingerprint density at radius 2 is 1.96 bits per heavy atom. The van der Waals surface area contributed by atoms with E-state index < -0.39 is 0 Å². The molecule has 2 amide bonds. The maximum Gasteiger partial charge on any atom is 0.315 e. The van der Waals surface area contributed by atoms with Crippen LogP contribution in [0, 0.1) is 0 Å². The number of pyridine rings is 1. The lowest BCUT2D eigenvalue weighted by molar-refractivity contribution is 0.160. The first-order valence-electron chi connectivity index (χ1n) is 8.33. The number of hydrogen-bond donors (Lipinski definition) is 3. The lowest BCUT2D eigenvalue weighted by atomic mass is 10.0. The third-order valence-corrected chi connectivity index (χ3v) is 3.99.